The molecule has 3 amide bonds. The highest BCUT2D eigenvalue weighted by Gasteiger charge is 2.59. The van der Waals surface area contributed by atoms with Crippen LogP contribution in [0.3, 0.4) is 0 Å². The van der Waals surface area contributed by atoms with Crippen LogP contribution in [0.15, 0.2) is 0 Å². The first kappa shape index (κ1) is 11.4. The zero-order chi connectivity index (χ0) is 11.8. The molecule has 0 saturated carbocycles. The molecule has 3 N–H and O–H groups in total. The lowest BCUT2D eigenvalue weighted by Gasteiger charge is -2.49. The van der Waals surface area contributed by atoms with Crippen LogP contribution in [0, 0.1) is 5.41 Å². The highest BCUT2D eigenvalue weighted by molar-refractivity contribution is 6.07. The average molecular weight is 225 g/mol. The second-order valence-corrected chi connectivity index (χ2v) is 4.73. The van der Waals surface area contributed by atoms with Crippen molar-refractivity contribution in [2.24, 2.45) is 5.41 Å². The summed E-state index contributed by atoms with van der Waals surface area (Å²) >= 11 is 0. The molecular formula is C11H19N3O2. The van der Waals surface area contributed by atoms with E-state index >= 15 is 0 Å². The fourth-order valence-corrected chi connectivity index (χ4v) is 3.16. The number of piperidine rings is 1. The molecule has 2 heterocycles. The van der Waals surface area contributed by atoms with Gasteiger partial charge in [0, 0.05) is 12.0 Å². The maximum Gasteiger partial charge on any atom is 0.322 e. The Morgan fingerprint density at radius 3 is 2.44 bits per heavy atom. The van der Waals surface area contributed by atoms with Crippen LogP contribution in [0.25, 0.3) is 0 Å². The SMILES string of the molecule is CCC1(CC)CNCCC12NC(=O)NC2=O. The van der Waals surface area contributed by atoms with Crippen LogP contribution < -0.4 is 16.0 Å². The van der Waals surface area contributed by atoms with Crippen molar-refractivity contribution >= 4 is 11.9 Å². The molecule has 2 saturated heterocycles. The molecule has 5 nitrogen and oxygen atoms in total. The number of imide groups is 1. The Morgan fingerprint density at radius 1 is 1.25 bits per heavy atom. The van der Waals surface area contributed by atoms with Gasteiger partial charge in [0.2, 0.25) is 0 Å². The van der Waals surface area contributed by atoms with Crippen LogP contribution in [-0.4, -0.2) is 30.6 Å². The molecule has 0 radical (unpaired) electrons. The Labute approximate surface area is 95.3 Å². The second-order valence-electron chi connectivity index (χ2n) is 4.73. The molecule has 5 heteroatoms. The summed E-state index contributed by atoms with van der Waals surface area (Å²) in [7, 11) is 0. The molecule has 1 atom stereocenters. The van der Waals surface area contributed by atoms with Crippen molar-refractivity contribution in [3.63, 3.8) is 0 Å². The number of nitrogens with one attached hydrogen (secondary N) is 3. The smallest absolute Gasteiger partial charge is 0.322 e. The van der Waals surface area contributed by atoms with E-state index in [0.29, 0.717) is 6.42 Å². The molecule has 2 aliphatic heterocycles. The summed E-state index contributed by atoms with van der Waals surface area (Å²) in [4.78, 5) is 23.5. The molecule has 16 heavy (non-hydrogen) atoms. The first-order chi connectivity index (χ1) is 7.60. The molecule has 0 bridgehead atoms. The summed E-state index contributed by atoms with van der Waals surface area (Å²) in [6.07, 6.45) is 2.43. The van der Waals surface area contributed by atoms with E-state index in [0.717, 1.165) is 25.9 Å². The monoisotopic (exact) mass is 225 g/mol. The van der Waals surface area contributed by atoms with Gasteiger partial charge < -0.3 is 10.6 Å². The van der Waals surface area contributed by atoms with Gasteiger partial charge in [-0.05, 0) is 25.8 Å². The minimum atomic E-state index is -0.696. The summed E-state index contributed by atoms with van der Waals surface area (Å²) in [5, 5.41) is 8.59. The van der Waals surface area contributed by atoms with Crippen molar-refractivity contribution in [3.05, 3.63) is 0 Å². The topological polar surface area (TPSA) is 70.2 Å². The van der Waals surface area contributed by atoms with E-state index in [1.165, 1.54) is 0 Å². The highest BCUT2D eigenvalue weighted by atomic mass is 16.2. The number of amides is 3. The highest BCUT2D eigenvalue weighted by Crippen LogP contribution is 2.43. The molecule has 2 aliphatic rings. The summed E-state index contributed by atoms with van der Waals surface area (Å²) in [6, 6.07) is -0.349. The lowest BCUT2D eigenvalue weighted by Crippen LogP contribution is -2.67. The maximum atomic E-state index is 12.1. The fourth-order valence-electron chi connectivity index (χ4n) is 3.16. The van der Waals surface area contributed by atoms with Crippen LogP contribution in [0.2, 0.25) is 0 Å². The van der Waals surface area contributed by atoms with Crippen molar-refractivity contribution in [3.8, 4) is 0 Å². The van der Waals surface area contributed by atoms with Gasteiger partial charge in [-0.2, -0.15) is 0 Å². The lowest BCUT2D eigenvalue weighted by atomic mass is 9.62. The lowest BCUT2D eigenvalue weighted by molar-refractivity contribution is -0.131. The van der Waals surface area contributed by atoms with Gasteiger partial charge in [0.25, 0.3) is 5.91 Å². The van der Waals surface area contributed by atoms with E-state index in [1.807, 2.05) is 0 Å². The van der Waals surface area contributed by atoms with Crippen LogP contribution in [-0.2, 0) is 4.79 Å². The number of urea groups is 1. The van der Waals surface area contributed by atoms with Gasteiger partial charge in [-0.1, -0.05) is 13.8 Å². The van der Waals surface area contributed by atoms with E-state index in [1.54, 1.807) is 0 Å². The predicted octanol–water partition coefficient (Wildman–Crippen LogP) is 0.364. The molecule has 2 rings (SSSR count). The van der Waals surface area contributed by atoms with Crippen LogP contribution in [0.1, 0.15) is 33.1 Å². The number of hydrogen-bond acceptors (Lipinski definition) is 3. The third kappa shape index (κ3) is 1.27. The van der Waals surface area contributed by atoms with Gasteiger partial charge in [-0.15, -0.1) is 0 Å². The normalized spacial score (nSPS) is 32.6. The molecule has 2 fully saturated rings. The number of rotatable bonds is 2. The molecule has 1 spiro atoms. The van der Waals surface area contributed by atoms with E-state index in [-0.39, 0.29) is 17.4 Å². The molecule has 90 valence electrons. The first-order valence-corrected chi connectivity index (χ1v) is 5.94. The van der Waals surface area contributed by atoms with Gasteiger partial charge >= 0.3 is 6.03 Å². The Kier molecular flexibility index (Phi) is 2.66. The fraction of sp³-hybridized carbons (Fsp3) is 0.818. The Balaban J connectivity index is 2.42. The molecule has 0 aromatic carbocycles. The zero-order valence-corrected chi connectivity index (χ0v) is 9.85. The number of carbonyl (C=O) groups excluding carboxylic acids is 2. The number of carbonyl (C=O) groups is 2. The van der Waals surface area contributed by atoms with Crippen molar-refractivity contribution in [1.29, 1.82) is 0 Å². The summed E-state index contributed by atoms with van der Waals surface area (Å²) in [5.41, 5.74) is -0.861. The second kappa shape index (κ2) is 3.73. The minimum Gasteiger partial charge on any atom is -0.323 e. The van der Waals surface area contributed by atoms with Gasteiger partial charge in [0.1, 0.15) is 5.54 Å². The van der Waals surface area contributed by atoms with Crippen molar-refractivity contribution < 1.29 is 9.59 Å². The van der Waals surface area contributed by atoms with Crippen LogP contribution >= 0.6 is 0 Å². The van der Waals surface area contributed by atoms with E-state index in [2.05, 4.69) is 29.8 Å². The van der Waals surface area contributed by atoms with Crippen LogP contribution in [0.4, 0.5) is 4.79 Å². The van der Waals surface area contributed by atoms with Crippen molar-refractivity contribution in [2.75, 3.05) is 13.1 Å². The Bertz CT molecular complexity index is 325. The third-order valence-corrected chi connectivity index (χ3v) is 4.34. The molecule has 0 aliphatic carbocycles. The molecule has 0 aromatic heterocycles. The summed E-state index contributed by atoms with van der Waals surface area (Å²) in [6.45, 7) is 5.72. The van der Waals surface area contributed by atoms with Crippen LogP contribution in [0.5, 0.6) is 0 Å². The zero-order valence-electron chi connectivity index (χ0n) is 9.85. The van der Waals surface area contributed by atoms with E-state index in [4.69, 9.17) is 0 Å². The molecule has 0 aromatic rings. The molecule has 1 unspecified atom stereocenters. The quantitative estimate of drug-likeness (QED) is 0.594. The standard InChI is InChI=1S/C11H19N3O2/c1-3-10(4-2)7-12-6-5-11(10)8(15)13-9(16)14-11/h12H,3-7H2,1-2H3,(H2,13,14,15,16). The molecular weight excluding hydrogens is 206 g/mol. The van der Waals surface area contributed by atoms with Gasteiger partial charge in [-0.3, -0.25) is 10.1 Å². The minimum absolute atomic E-state index is 0.150. The Morgan fingerprint density at radius 2 is 1.94 bits per heavy atom. The summed E-state index contributed by atoms with van der Waals surface area (Å²) in [5.74, 6) is -0.150. The van der Waals surface area contributed by atoms with Crippen molar-refractivity contribution in [1.82, 2.24) is 16.0 Å². The van der Waals surface area contributed by atoms with Crippen molar-refractivity contribution in [2.45, 2.75) is 38.6 Å². The van der Waals surface area contributed by atoms with Gasteiger partial charge in [0.05, 0.1) is 0 Å². The largest absolute Gasteiger partial charge is 0.323 e. The van der Waals surface area contributed by atoms with Gasteiger partial charge in [-0.25, -0.2) is 4.79 Å². The Hall–Kier alpha value is -1.10. The number of hydrogen-bond donors (Lipinski definition) is 3. The maximum absolute atomic E-state index is 12.1. The van der Waals surface area contributed by atoms with E-state index < -0.39 is 5.54 Å². The summed E-state index contributed by atoms with van der Waals surface area (Å²) < 4.78 is 0. The first-order valence-electron chi connectivity index (χ1n) is 5.94. The average Bonchev–Trinajstić information content (AvgIpc) is 2.56. The third-order valence-electron chi connectivity index (χ3n) is 4.34. The van der Waals surface area contributed by atoms with Gasteiger partial charge in [0.15, 0.2) is 0 Å². The predicted molar refractivity (Wildman–Crippen MR) is 59.9 cm³/mol. The van der Waals surface area contributed by atoms with E-state index in [9.17, 15) is 9.59 Å².